The van der Waals surface area contributed by atoms with Crippen LogP contribution >= 0.6 is 27.7 Å². The fraction of sp³-hybridized carbons (Fsp3) is 0.600. The molecule has 3 rings (SSSR count). The molecule has 3 atom stereocenters. The Balaban J connectivity index is 1.79. The molecule has 2 aliphatic heterocycles. The summed E-state index contributed by atoms with van der Waals surface area (Å²) >= 11 is 5.25. The summed E-state index contributed by atoms with van der Waals surface area (Å²) < 4.78 is 20.7. The summed E-state index contributed by atoms with van der Waals surface area (Å²) in [5, 5.41) is 10.6. The molecule has 2 aliphatic rings. The highest BCUT2D eigenvalue weighted by molar-refractivity contribution is 9.10. The lowest BCUT2D eigenvalue weighted by atomic mass is 9.80. The standard InChI is InChI=1S/C15H18BrFO2S/c16-11-1-2-13(17)12(7-11)14(18)10-3-5-19-15(8-10)4-6-20-9-15/h1-2,7,10,14,18H,3-6,8-9H2. The Kier molecular flexibility index (Phi) is 4.41. The Labute approximate surface area is 131 Å². The fourth-order valence-electron chi connectivity index (χ4n) is 3.19. The van der Waals surface area contributed by atoms with E-state index in [-0.39, 0.29) is 17.3 Å². The van der Waals surface area contributed by atoms with Crippen molar-refractivity contribution in [3.63, 3.8) is 0 Å². The van der Waals surface area contributed by atoms with Crippen LogP contribution in [-0.2, 0) is 4.74 Å². The minimum atomic E-state index is -0.751. The van der Waals surface area contributed by atoms with E-state index in [1.54, 1.807) is 12.1 Å². The summed E-state index contributed by atoms with van der Waals surface area (Å²) in [6.45, 7) is 0.665. The van der Waals surface area contributed by atoms with Gasteiger partial charge in [-0.25, -0.2) is 4.39 Å². The Hall–Kier alpha value is -0.100. The van der Waals surface area contributed by atoms with E-state index in [0.29, 0.717) is 12.2 Å². The van der Waals surface area contributed by atoms with Gasteiger partial charge in [0.2, 0.25) is 0 Å². The van der Waals surface area contributed by atoms with Crippen LogP contribution in [0.1, 0.15) is 30.9 Å². The first-order valence-corrected chi connectivity index (χ1v) is 8.89. The first-order valence-electron chi connectivity index (χ1n) is 6.94. The van der Waals surface area contributed by atoms with Crippen LogP contribution in [0.15, 0.2) is 22.7 Å². The van der Waals surface area contributed by atoms with Crippen molar-refractivity contribution < 1.29 is 14.2 Å². The predicted octanol–water partition coefficient (Wildman–Crippen LogP) is 3.92. The van der Waals surface area contributed by atoms with Crippen LogP contribution in [0, 0.1) is 11.7 Å². The van der Waals surface area contributed by atoms with E-state index in [1.807, 2.05) is 11.8 Å². The first kappa shape index (κ1) is 14.8. The first-order chi connectivity index (χ1) is 9.60. The van der Waals surface area contributed by atoms with Gasteiger partial charge in [0.1, 0.15) is 5.82 Å². The van der Waals surface area contributed by atoms with Gasteiger partial charge in [-0.05, 0) is 49.1 Å². The van der Waals surface area contributed by atoms with Crippen LogP contribution in [0.25, 0.3) is 0 Å². The molecule has 0 aromatic heterocycles. The van der Waals surface area contributed by atoms with Gasteiger partial charge >= 0.3 is 0 Å². The van der Waals surface area contributed by atoms with E-state index < -0.39 is 6.10 Å². The topological polar surface area (TPSA) is 29.5 Å². The van der Waals surface area contributed by atoms with Crippen molar-refractivity contribution in [2.45, 2.75) is 31.0 Å². The molecule has 0 amide bonds. The fourth-order valence-corrected chi connectivity index (χ4v) is 4.95. The van der Waals surface area contributed by atoms with Crippen LogP contribution < -0.4 is 0 Å². The molecule has 1 aromatic carbocycles. The van der Waals surface area contributed by atoms with Crippen LogP contribution in [-0.4, -0.2) is 28.8 Å². The monoisotopic (exact) mass is 360 g/mol. The van der Waals surface area contributed by atoms with Gasteiger partial charge in [0.15, 0.2) is 0 Å². The zero-order chi connectivity index (χ0) is 14.2. The number of hydrogen-bond donors (Lipinski definition) is 1. The molecule has 2 saturated heterocycles. The molecular formula is C15H18BrFO2S. The normalized spacial score (nSPS) is 31.6. The molecule has 1 spiro atoms. The lowest BCUT2D eigenvalue weighted by molar-refractivity contribution is -0.102. The third-order valence-electron chi connectivity index (χ3n) is 4.32. The maximum absolute atomic E-state index is 13.9. The number of rotatable bonds is 2. The van der Waals surface area contributed by atoms with Crippen LogP contribution in [0.4, 0.5) is 4.39 Å². The molecule has 3 unspecified atom stereocenters. The van der Waals surface area contributed by atoms with Gasteiger partial charge in [0.05, 0.1) is 11.7 Å². The number of benzene rings is 1. The van der Waals surface area contributed by atoms with Gasteiger partial charge in [0, 0.05) is 22.4 Å². The summed E-state index contributed by atoms with van der Waals surface area (Å²) in [7, 11) is 0. The number of thioether (sulfide) groups is 1. The average Bonchev–Trinajstić information content (AvgIpc) is 2.88. The smallest absolute Gasteiger partial charge is 0.129 e. The molecule has 1 N–H and O–H groups in total. The second-order valence-corrected chi connectivity index (χ2v) is 7.72. The zero-order valence-corrected chi connectivity index (χ0v) is 13.6. The maximum atomic E-state index is 13.9. The molecule has 20 heavy (non-hydrogen) atoms. The second kappa shape index (κ2) is 5.95. The summed E-state index contributed by atoms with van der Waals surface area (Å²) in [6.07, 6.45) is 1.91. The minimum Gasteiger partial charge on any atom is -0.388 e. The van der Waals surface area contributed by atoms with E-state index >= 15 is 0 Å². The molecule has 2 fully saturated rings. The van der Waals surface area contributed by atoms with Gasteiger partial charge in [-0.3, -0.25) is 0 Å². The van der Waals surface area contributed by atoms with E-state index in [2.05, 4.69) is 15.9 Å². The van der Waals surface area contributed by atoms with Gasteiger partial charge in [0.25, 0.3) is 0 Å². The van der Waals surface area contributed by atoms with Crippen LogP contribution in [0.2, 0.25) is 0 Å². The largest absolute Gasteiger partial charge is 0.388 e. The zero-order valence-electron chi connectivity index (χ0n) is 11.1. The number of hydrogen-bond acceptors (Lipinski definition) is 3. The van der Waals surface area contributed by atoms with Crippen molar-refractivity contribution in [1.29, 1.82) is 0 Å². The number of aliphatic hydroxyl groups excluding tert-OH is 1. The van der Waals surface area contributed by atoms with Crippen LogP contribution in [0.5, 0.6) is 0 Å². The highest BCUT2D eigenvalue weighted by atomic mass is 79.9. The number of ether oxygens (including phenoxy) is 1. The summed E-state index contributed by atoms with van der Waals surface area (Å²) in [6, 6.07) is 4.75. The van der Waals surface area contributed by atoms with Gasteiger partial charge < -0.3 is 9.84 Å². The molecule has 110 valence electrons. The molecule has 0 saturated carbocycles. The van der Waals surface area contributed by atoms with Gasteiger partial charge in [-0.15, -0.1) is 0 Å². The molecule has 2 heterocycles. The Bertz CT molecular complexity index is 491. The molecule has 2 nitrogen and oxygen atoms in total. The van der Waals surface area contributed by atoms with Gasteiger partial charge in [-0.1, -0.05) is 15.9 Å². The molecule has 0 aliphatic carbocycles. The summed E-state index contributed by atoms with van der Waals surface area (Å²) in [5.41, 5.74) is 0.309. The van der Waals surface area contributed by atoms with E-state index in [0.717, 1.165) is 35.2 Å². The predicted molar refractivity (Wildman–Crippen MR) is 82.4 cm³/mol. The lowest BCUT2D eigenvalue weighted by Gasteiger charge is -2.39. The molecule has 0 radical (unpaired) electrons. The van der Waals surface area contributed by atoms with E-state index in [4.69, 9.17) is 4.74 Å². The van der Waals surface area contributed by atoms with E-state index in [9.17, 15) is 9.50 Å². The Morgan fingerprint density at radius 3 is 3.10 bits per heavy atom. The van der Waals surface area contributed by atoms with Crippen molar-refractivity contribution in [3.05, 3.63) is 34.1 Å². The molecular weight excluding hydrogens is 343 g/mol. The van der Waals surface area contributed by atoms with Crippen molar-refractivity contribution in [2.24, 2.45) is 5.92 Å². The summed E-state index contributed by atoms with van der Waals surface area (Å²) in [5.74, 6) is 1.86. The lowest BCUT2D eigenvalue weighted by Crippen LogP contribution is -2.41. The number of aliphatic hydroxyl groups is 1. The van der Waals surface area contributed by atoms with Crippen molar-refractivity contribution in [2.75, 3.05) is 18.1 Å². The Morgan fingerprint density at radius 1 is 1.50 bits per heavy atom. The maximum Gasteiger partial charge on any atom is 0.129 e. The minimum absolute atomic E-state index is 0.0752. The van der Waals surface area contributed by atoms with E-state index in [1.165, 1.54) is 6.07 Å². The molecule has 1 aromatic rings. The van der Waals surface area contributed by atoms with Crippen LogP contribution in [0.3, 0.4) is 0 Å². The van der Waals surface area contributed by atoms with Crippen molar-refractivity contribution >= 4 is 27.7 Å². The number of halogens is 2. The van der Waals surface area contributed by atoms with Crippen molar-refractivity contribution in [1.82, 2.24) is 0 Å². The highest BCUT2D eigenvalue weighted by Crippen LogP contribution is 2.44. The van der Waals surface area contributed by atoms with Gasteiger partial charge in [-0.2, -0.15) is 11.8 Å². The third-order valence-corrected chi connectivity index (χ3v) is 6.04. The molecule has 5 heteroatoms. The Morgan fingerprint density at radius 2 is 2.35 bits per heavy atom. The second-order valence-electron chi connectivity index (χ2n) is 5.70. The third kappa shape index (κ3) is 2.91. The SMILES string of the molecule is OC(c1cc(Br)ccc1F)C1CCOC2(CCSC2)C1. The average molecular weight is 361 g/mol. The summed E-state index contributed by atoms with van der Waals surface area (Å²) in [4.78, 5) is 0. The highest BCUT2D eigenvalue weighted by Gasteiger charge is 2.42. The van der Waals surface area contributed by atoms with Crippen molar-refractivity contribution in [3.8, 4) is 0 Å². The molecule has 0 bridgehead atoms. The quantitative estimate of drug-likeness (QED) is 0.866.